The maximum Gasteiger partial charge on any atom is 0.330 e. The summed E-state index contributed by atoms with van der Waals surface area (Å²) in [5, 5.41) is 33.6. The van der Waals surface area contributed by atoms with Crippen LogP contribution >= 0.6 is 0 Å². The molecule has 2 fully saturated rings. The van der Waals surface area contributed by atoms with Crippen molar-refractivity contribution in [3.63, 3.8) is 0 Å². The number of carbonyl (C=O) groups is 4. The van der Waals surface area contributed by atoms with Crippen molar-refractivity contribution in [3.05, 3.63) is 65.8 Å². The number of cyclic esters (lactones) is 1. The van der Waals surface area contributed by atoms with Crippen molar-refractivity contribution in [1.29, 1.82) is 0 Å². The highest BCUT2D eigenvalue weighted by atomic mass is 16.7. The Labute approximate surface area is 359 Å². The lowest BCUT2D eigenvalue weighted by Gasteiger charge is -2.51. The maximum absolute atomic E-state index is 13.4. The molecule has 4 rings (SSSR count). The Hall–Kier alpha value is -3.96. The monoisotopic (exact) mass is 858 g/mol. The Morgan fingerprint density at radius 2 is 1.67 bits per heavy atom. The van der Waals surface area contributed by atoms with E-state index in [1.165, 1.54) is 7.11 Å². The molecule has 340 valence electrons. The lowest BCUT2D eigenvalue weighted by atomic mass is 9.74. The average Bonchev–Trinajstić information content (AvgIpc) is 3.22. The Morgan fingerprint density at radius 1 is 0.934 bits per heavy atom. The summed E-state index contributed by atoms with van der Waals surface area (Å²) >= 11 is 0. The van der Waals surface area contributed by atoms with Gasteiger partial charge in [0.1, 0.15) is 12.7 Å². The number of hydrogen-bond donors (Lipinski definition) is 3. The van der Waals surface area contributed by atoms with Crippen LogP contribution in [0.4, 0.5) is 0 Å². The second kappa shape index (κ2) is 25.2. The minimum absolute atomic E-state index is 0.0595. The van der Waals surface area contributed by atoms with Crippen LogP contribution in [0.2, 0.25) is 0 Å². The van der Waals surface area contributed by atoms with Gasteiger partial charge in [-0.15, -0.1) is 0 Å². The zero-order chi connectivity index (χ0) is 44.3. The summed E-state index contributed by atoms with van der Waals surface area (Å²) in [4.78, 5) is 52.1. The number of unbranched alkanes of at least 4 members (excludes halogenated alkanes) is 4. The minimum atomic E-state index is -2.36. The van der Waals surface area contributed by atoms with E-state index in [-0.39, 0.29) is 63.9 Å². The fraction of sp³-hybridized carbons (Fsp3) is 0.652. The Balaban J connectivity index is 1.64. The van der Waals surface area contributed by atoms with Gasteiger partial charge in [0.15, 0.2) is 12.4 Å². The van der Waals surface area contributed by atoms with E-state index in [2.05, 4.69) is 6.92 Å². The summed E-state index contributed by atoms with van der Waals surface area (Å²) in [6.45, 7) is 5.26. The van der Waals surface area contributed by atoms with Crippen LogP contribution in [0.3, 0.4) is 0 Å². The highest BCUT2D eigenvalue weighted by Gasteiger charge is 2.57. The van der Waals surface area contributed by atoms with Crippen molar-refractivity contribution in [1.82, 2.24) is 0 Å². The Morgan fingerprint density at radius 3 is 2.41 bits per heavy atom. The van der Waals surface area contributed by atoms with Crippen LogP contribution in [0.1, 0.15) is 110 Å². The molecule has 1 aromatic carbocycles. The van der Waals surface area contributed by atoms with Crippen molar-refractivity contribution in [2.75, 3.05) is 33.5 Å². The van der Waals surface area contributed by atoms with E-state index >= 15 is 0 Å². The molecule has 0 spiro atoms. The van der Waals surface area contributed by atoms with E-state index in [9.17, 15) is 34.5 Å². The van der Waals surface area contributed by atoms with E-state index in [0.29, 0.717) is 19.3 Å². The number of carbonyl (C=O) groups excluding carboxylic acids is 4. The summed E-state index contributed by atoms with van der Waals surface area (Å²) in [5.74, 6) is -4.94. The minimum Gasteiger partial charge on any atom is -0.466 e. The molecular formula is C46H66O15. The number of esters is 4. The topological polar surface area (TPSA) is 203 Å². The van der Waals surface area contributed by atoms with Gasteiger partial charge in [0.2, 0.25) is 5.79 Å². The van der Waals surface area contributed by atoms with Crippen LogP contribution in [-0.4, -0.2) is 121 Å². The number of ether oxygens (including phenoxy) is 8. The largest absolute Gasteiger partial charge is 0.466 e. The van der Waals surface area contributed by atoms with Crippen LogP contribution in [0.25, 0.3) is 6.08 Å². The van der Waals surface area contributed by atoms with Gasteiger partial charge < -0.3 is 53.2 Å². The molecule has 3 aliphatic heterocycles. The third kappa shape index (κ3) is 16.4. The third-order valence-electron chi connectivity index (χ3n) is 11.0. The summed E-state index contributed by atoms with van der Waals surface area (Å²) in [5.41, 5.74) is -0.263. The van der Waals surface area contributed by atoms with Gasteiger partial charge in [-0.2, -0.15) is 0 Å². The number of aliphatic hydroxyl groups is 3. The van der Waals surface area contributed by atoms with Crippen molar-refractivity contribution in [2.45, 2.75) is 153 Å². The molecule has 0 saturated carbocycles. The smallest absolute Gasteiger partial charge is 0.330 e. The second-order valence-electron chi connectivity index (χ2n) is 16.4. The number of aliphatic hydroxyl groups excluding tert-OH is 2. The van der Waals surface area contributed by atoms with Gasteiger partial charge in [0.05, 0.1) is 51.0 Å². The van der Waals surface area contributed by atoms with E-state index in [1.54, 1.807) is 32.1 Å². The average molecular weight is 859 g/mol. The molecule has 3 N–H and O–H groups in total. The lowest BCUT2D eigenvalue weighted by Crippen LogP contribution is -2.62. The fourth-order valence-electron chi connectivity index (χ4n) is 7.48. The summed E-state index contributed by atoms with van der Waals surface area (Å²) in [7, 11) is 1.20. The van der Waals surface area contributed by atoms with Crippen LogP contribution in [-0.2, 0) is 57.1 Å². The molecule has 3 aliphatic rings. The molecular weight excluding hydrogens is 792 g/mol. The van der Waals surface area contributed by atoms with Gasteiger partial charge >= 0.3 is 23.9 Å². The molecule has 8 atom stereocenters. The third-order valence-corrected chi connectivity index (χ3v) is 11.0. The standard InChI is InChI=1S/C46H66O15/c1-5-6-7-8-12-17-39(49)60-44-33(26-40(50)54-4)25-37-29-38(31-47)57-42(52)27-34(48)19-23-55-24-20-35-28-36(30-41(51)56-22-13-16-32-14-10-9-11-15-32)59-43(58-35)18-21-45(2,3)46(44,53)61-37/h9-11,13-16,18,21,26,34-38,43-44,47-48,53H,5-8,12,17,19-20,22-25,27-31H2,1-4H3/b16-13+,21-18+,33-26+/t34-,35-,36-,37?,38-,43-,44+,46-/m1/s1. The molecule has 2 saturated heterocycles. The first kappa shape index (κ1) is 49.7. The summed E-state index contributed by atoms with van der Waals surface area (Å²) in [6, 6.07) is 9.62. The molecule has 15 heteroatoms. The van der Waals surface area contributed by atoms with Crippen molar-refractivity contribution in [2.24, 2.45) is 5.41 Å². The van der Waals surface area contributed by atoms with Gasteiger partial charge in [-0.25, -0.2) is 4.79 Å². The SMILES string of the molecule is CCCCCCCC(=O)O[C@H]1/C(=C/C(=O)OC)CC2C[C@H](CO)OC(=O)C[C@H](O)CCOCC[C@@H]3C[C@H](CC(=O)OC/C=C/c4ccccc4)O[C@H](/C=C/C(C)(C)[C@]1(O)O2)O3. The lowest BCUT2D eigenvalue weighted by molar-refractivity contribution is -0.327. The van der Waals surface area contributed by atoms with E-state index < -0.39 is 84.6 Å². The summed E-state index contributed by atoms with van der Waals surface area (Å²) < 4.78 is 46.8. The molecule has 0 radical (unpaired) electrons. The number of hydrogen-bond acceptors (Lipinski definition) is 15. The number of benzene rings is 1. The molecule has 4 bridgehead atoms. The molecule has 61 heavy (non-hydrogen) atoms. The normalized spacial score (nSPS) is 30.2. The zero-order valence-corrected chi connectivity index (χ0v) is 36.1. The van der Waals surface area contributed by atoms with Gasteiger partial charge in [-0.05, 0) is 49.0 Å². The van der Waals surface area contributed by atoms with Gasteiger partial charge in [-0.1, -0.05) is 88.9 Å². The Bertz CT molecular complexity index is 1620. The predicted molar refractivity (Wildman–Crippen MR) is 222 cm³/mol. The van der Waals surface area contributed by atoms with Gasteiger partial charge in [0.25, 0.3) is 0 Å². The van der Waals surface area contributed by atoms with Crippen molar-refractivity contribution >= 4 is 30.0 Å². The van der Waals surface area contributed by atoms with Crippen molar-refractivity contribution < 1.29 is 72.4 Å². The first-order valence-corrected chi connectivity index (χ1v) is 21.6. The molecule has 1 unspecified atom stereocenters. The molecule has 15 nitrogen and oxygen atoms in total. The molecule has 0 aliphatic carbocycles. The summed E-state index contributed by atoms with van der Waals surface area (Å²) in [6.07, 6.45) is 5.99. The first-order valence-electron chi connectivity index (χ1n) is 21.6. The zero-order valence-electron chi connectivity index (χ0n) is 36.1. The quantitative estimate of drug-likeness (QED) is 0.0703. The highest BCUT2D eigenvalue weighted by molar-refractivity contribution is 5.83. The van der Waals surface area contributed by atoms with Crippen LogP contribution in [0.15, 0.2) is 60.2 Å². The van der Waals surface area contributed by atoms with E-state index in [0.717, 1.165) is 37.3 Å². The van der Waals surface area contributed by atoms with Crippen LogP contribution in [0, 0.1) is 5.41 Å². The molecule has 1 aromatic rings. The molecule has 3 heterocycles. The highest BCUT2D eigenvalue weighted by Crippen LogP contribution is 2.47. The number of rotatable bonds is 14. The first-order chi connectivity index (χ1) is 29.2. The fourth-order valence-corrected chi connectivity index (χ4v) is 7.48. The van der Waals surface area contributed by atoms with E-state index in [4.69, 9.17) is 37.9 Å². The number of methoxy groups -OCH3 is 1. The molecule has 0 aromatic heterocycles. The second-order valence-corrected chi connectivity index (χ2v) is 16.4. The van der Waals surface area contributed by atoms with Gasteiger partial charge in [0, 0.05) is 44.0 Å². The van der Waals surface area contributed by atoms with E-state index in [1.807, 2.05) is 36.4 Å². The predicted octanol–water partition coefficient (Wildman–Crippen LogP) is 5.42. The Kier molecular flexibility index (Phi) is 20.5. The van der Waals surface area contributed by atoms with Gasteiger partial charge in [-0.3, -0.25) is 14.4 Å². The maximum atomic E-state index is 13.4. The number of fused-ring (bicyclic) bond motifs is 4. The van der Waals surface area contributed by atoms with Crippen LogP contribution in [0.5, 0.6) is 0 Å². The van der Waals surface area contributed by atoms with Crippen molar-refractivity contribution in [3.8, 4) is 0 Å². The van der Waals surface area contributed by atoms with Crippen LogP contribution < -0.4 is 0 Å². The molecule has 0 amide bonds.